The Labute approximate surface area is 461 Å². The fourth-order valence-electron chi connectivity index (χ4n) is 7.78. The molecule has 0 aromatic heterocycles. The number of hydrogen-bond acceptors (Lipinski definition) is 6. The van der Waals surface area contributed by atoms with Crippen molar-refractivity contribution >= 4 is 17.9 Å². The van der Waals surface area contributed by atoms with E-state index in [1.54, 1.807) is 0 Å². The van der Waals surface area contributed by atoms with Crippen molar-refractivity contribution < 1.29 is 28.6 Å². The molecule has 0 aromatic rings. The maximum Gasteiger partial charge on any atom is 0.306 e. The lowest BCUT2D eigenvalue weighted by atomic mass is 10.1. The number of hydrogen-bond donors (Lipinski definition) is 0. The first-order chi connectivity index (χ1) is 37.0. The van der Waals surface area contributed by atoms with Gasteiger partial charge in [-0.15, -0.1) is 0 Å². The van der Waals surface area contributed by atoms with Crippen LogP contribution in [0.25, 0.3) is 0 Å². The Morgan fingerprint density at radius 1 is 0.280 bits per heavy atom. The summed E-state index contributed by atoms with van der Waals surface area (Å²) in [5.74, 6) is -1.05. The summed E-state index contributed by atoms with van der Waals surface area (Å²) < 4.78 is 16.8. The molecular formula is C69H110O6. The molecule has 0 aromatic carbocycles. The third kappa shape index (κ3) is 60.0. The topological polar surface area (TPSA) is 78.9 Å². The van der Waals surface area contributed by atoms with Crippen LogP contribution in [0.4, 0.5) is 0 Å². The Morgan fingerprint density at radius 2 is 0.547 bits per heavy atom. The minimum absolute atomic E-state index is 0.122. The number of esters is 3. The highest BCUT2D eigenvalue weighted by Crippen LogP contribution is 2.14. The summed E-state index contributed by atoms with van der Waals surface area (Å²) in [6.45, 7) is 6.38. The average molecular weight is 1040 g/mol. The third-order valence-corrected chi connectivity index (χ3v) is 12.3. The maximum absolute atomic E-state index is 12.9. The number of unbranched alkanes of at least 4 members (excludes halogenated alkanes) is 18. The molecule has 0 aliphatic carbocycles. The van der Waals surface area contributed by atoms with Crippen LogP contribution in [-0.4, -0.2) is 37.2 Å². The minimum Gasteiger partial charge on any atom is -0.462 e. The first kappa shape index (κ1) is 70.3. The zero-order valence-electron chi connectivity index (χ0n) is 48.3. The van der Waals surface area contributed by atoms with Gasteiger partial charge in [-0.05, 0) is 135 Å². The average Bonchev–Trinajstić information content (AvgIpc) is 3.41. The van der Waals surface area contributed by atoms with Gasteiger partial charge in [0, 0.05) is 19.3 Å². The molecule has 0 heterocycles. The van der Waals surface area contributed by atoms with Crippen molar-refractivity contribution in [3.05, 3.63) is 146 Å². The lowest BCUT2D eigenvalue weighted by molar-refractivity contribution is -0.166. The Morgan fingerprint density at radius 3 is 0.907 bits per heavy atom. The molecule has 0 saturated carbocycles. The molecule has 6 heteroatoms. The van der Waals surface area contributed by atoms with Gasteiger partial charge in [0.1, 0.15) is 13.2 Å². The highest BCUT2D eigenvalue weighted by molar-refractivity contribution is 5.71. The van der Waals surface area contributed by atoms with E-state index in [1.807, 2.05) is 12.2 Å². The summed E-state index contributed by atoms with van der Waals surface area (Å²) >= 11 is 0. The molecule has 0 bridgehead atoms. The molecule has 0 fully saturated rings. The molecular weight excluding hydrogens is 925 g/mol. The molecule has 0 saturated heterocycles. The van der Waals surface area contributed by atoms with Crippen LogP contribution in [0.15, 0.2) is 146 Å². The standard InChI is InChI=1S/C69H110O6/c1-4-7-10-13-16-19-22-25-28-31-34-37-40-43-46-49-52-55-58-61-67(70)73-64-66(75-69(72)63-60-57-54-51-48-45-42-39-36-33-30-27-24-21-18-15-12-9-6-3)65-74-68(71)62-59-56-53-50-47-44-41-38-35-32-29-26-23-20-17-14-11-8-5-2/h7,10,16-21,25-30,34,36-37,39,43,45-46,48,52,55,66H,4-6,8-9,11-15,22-24,31-33,35,38,40-42,44,47,49-51,53-54,56-65H2,1-3H3/b10-7-,19-16-,20-17-,21-18-,28-25-,29-26-,30-27-,37-34-,39-36-,46-43-,48-45-,55-52-/t66-/m0/s1. The van der Waals surface area contributed by atoms with Gasteiger partial charge in [0.05, 0.1) is 0 Å². The van der Waals surface area contributed by atoms with E-state index < -0.39 is 6.10 Å². The van der Waals surface area contributed by atoms with Gasteiger partial charge >= 0.3 is 17.9 Å². The molecule has 6 nitrogen and oxygen atoms in total. The smallest absolute Gasteiger partial charge is 0.306 e. The van der Waals surface area contributed by atoms with Gasteiger partial charge in [-0.1, -0.05) is 244 Å². The molecule has 1 atom stereocenters. The Bertz CT molecular complexity index is 1660. The molecule has 0 amide bonds. The van der Waals surface area contributed by atoms with Crippen molar-refractivity contribution in [3.63, 3.8) is 0 Å². The summed E-state index contributed by atoms with van der Waals surface area (Å²) in [5.41, 5.74) is 0. The third-order valence-electron chi connectivity index (χ3n) is 12.3. The molecule has 0 spiro atoms. The van der Waals surface area contributed by atoms with Gasteiger partial charge in [0.25, 0.3) is 0 Å². The number of allylic oxidation sites excluding steroid dienone is 24. The van der Waals surface area contributed by atoms with Crippen LogP contribution in [0.1, 0.15) is 252 Å². The van der Waals surface area contributed by atoms with Crippen molar-refractivity contribution in [1.82, 2.24) is 0 Å². The van der Waals surface area contributed by atoms with Crippen LogP contribution >= 0.6 is 0 Å². The molecule has 0 aliphatic rings. The van der Waals surface area contributed by atoms with E-state index in [1.165, 1.54) is 96.3 Å². The van der Waals surface area contributed by atoms with Crippen LogP contribution in [0.2, 0.25) is 0 Å². The van der Waals surface area contributed by atoms with Gasteiger partial charge in [-0.2, -0.15) is 0 Å². The fraction of sp³-hybridized carbons (Fsp3) is 0.609. The zero-order chi connectivity index (χ0) is 54.3. The van der Waals surface area contributed by atoms with Crippen molar-refractivity contribution in [3.8, 4) is 0 Å². The van der Waals surface area contributed by atoms with Crippen molar-refractivity contribution in [2.45, 2.75) is 258 Å². The molecule has 0 aliphatic heterocycles. The summed E-state index contributed by atoms with van der Waals surface area (Å²) in [7, 11) is 0. The summed E-state index contributed by atoms with van der Waals surface area (Å²) in [6.07, 6.45) is 88.5. The molecule has 422 valence electrons. The maximum atomic E-state index is 12.9. The van der Waals surface area contributed by atoms with Gasteiger partial charge in [-0.25, -0.2) is 0 Å². The van der Waals surface area contributed by atoms with E-state index in [2.05, 4.69) is 154 Å². The molecule has 0 N–H and O–H groups in total. The highest BCUT2D eigenvalue weighted by Gasteiger charge is 2.19. The predicted molar refractivity (Wildman–Crippen MR) is 325 cm³/mol. The summed E-state index contributed by atoms with van der Waals surface area (Å²) in [4.78, 5) is 38.2. The second kappa shape index (κ2) is 61.8. The van der Waals surface area contributed by atoms with Crippen molar-refractivity contribution in [2.75, 3.05) is 13.2 Å². The predicted octanol–water partition coefficient (Wildman–Crippen LogP) is 20.8. The van der Waals surface area contributed by atoms with E-state index in [-0.39, 0.29) is 44.0 Å². The Kier molecular flexibility index (Phi) is 58.0. The molecule has 0 rings (SSSR count). The normalized spacial score (nSPS) is 13.2. The SMILES string of the molecule is CC/C=C\C/C=C\C/C=C\C/C=C\C/C=C\C/C=C\CCC(=O)OC[C@@H](COC(=O)CCCCCCCCCCC/C=C\C/C=C\CCCCC)OC(=O)CCCCC/C=C\C/C=C\C/C=C\C/C=C\CCCCC. The zero-order valence-corrected chi connectivity index (χ0v) is 48.3. The van der Waals surface area contributed by atoms with Gasteiger partial charge in [-0.3, -0.25) is 14.4 Å². The Hall–Kier alpha value is -4.71. The largest absolute Gasteiger partial charge is 0.462 e. The number of carbonyl (C=O) groups excluding carboxylic acids is 3. The second-order valence-electron chi connectivity index (χ2n) is 19.5. The van der Waals surface area contributed by atoms with Crippen molar-refractivity contribution in [2.24, 2.45) is 0 Å². The van der Waals surface area contributed by atoms with Gasteiger partial charge in [0.15, 0.2) is 6.10 Å². The van der Waals surface area contributed by atoms with Gasteiger partial charge in [0.2, 0.25) is 0 Å². The van der Waals surface area contributed by atoms with Crippen LogP contribution in [0, 0.1) is 0 Å². The number of rotatable bonds is 53. The van der Waals surface area contributed by atoms with Crippen LogP contribution in [0.3, 0.4) is 0 Å². The van der Waals surface area contributed by atoms with Crippen molar-refractivity contribution in [1.29, 1.82) is 0 Å². The quantitative estimate of drug-likeness (QED) is 0.0261. The highest BCUT2D eigenvalue weighted by atomic mass is 16.6. The van der Waals surface area contributed by atoms with E-state index in [0.717, 1.165) is 103 Å². The second-order valence-corrected chi connectivity index (χ2v) is 19.5. The molecule has 0 unspecified atom stereocenters. The van der Waals surface area contributed by atoms with E-state index in [0.29, 0.717) is 19.3 Å². The minimum atomic E-state index is -0.835. The van der Waals surface area contributed by atoms with Crippen LogP contribution in [0.5, 0.6) is 0 Å². The summed E-state index contributed by atoms with van der Waals surface area (Å²) in [6, 6.07) is 0. The van der Waals surface area contributed by atoms with E-state index >= 15 is 0 Å². The lowest BCUT2D eigenvalue weighted by Gasteiger charge is -2.18. The summed E-state index contributed by atoms with van der Waals surface area (Å²) in [5, 5.41) is 0. The lowest BCUT2D eigenvalue weighted by Crippen LogP contribution is -2.30. The van der Waals surface area contributed by atoms with Crippen LogP contribution in [-0.2, 0) is 28.6 Å². The first-order valence-corrected chi connectivity index (χ1v) is 30.3. The first-order valence-electron chi connectivity index (χ1n) is 30.3. The van der Waals surface area contributed by atoms with Crippen LogP contribution < -0.4 is 0 Å². The number of ether oxygens (including phenoxy) is 3. The van der Waals surface area contributed by atoms with E-state index in [9.17, 15) is 14.4 Å². The van der Waals surface area contributed by atoms with E-state index in [4.69, 9.17) is 14.2 Å². The number of carbonyl (C=O) groups is 3. The van der Waals surface area contributed by atoms with Gasteiger partial charge < -0.3 is 14.2 Å². The molecule has 75 heavy (non-hydrogen) atoms. The fourth-order valence-corrected chi connectivity index (χ4v) is 7.78. The molecule has 0 radical (unpaired) electrons. The monoisotopic (exact) mass is 1030 g/mol. The Balaban J connectivity index is 4.59.